The third kappa shape index (κ3) is 6.96. The summed E-state index contributed by atoms with van der Waals surface area (Å²) in [5.41, 5.74) is 5.53. The molecule has 4 N–H and O–H groups in total. The number of aromatic nitrogens is 2. The van der Waals surface area contributed by atoms with Gasteiger partial charge in [0.25, 0.3) is 0 Å². The van der Waals surface area contributed by atoms with Crippen LogP contribution in [0, 0.1) is 5.92 Å². The number of nitrogens with one attached hydrogen (secondary N) is 2. The maximum Gasteiger partial charge on any atom is 0.131 e. The Hall–Kier alpha value is -1.36. The van der Waals surface area contributed by atoms with E-state index >= 15 is 0 Å². The van der Waals surface area contributed by atoms with E-state index in [4.69, 9.17) is 5.73 Å². The highest BCUT2D eigenvalue weighted by molar-refractivity contribution is 5.46. The van der Waals surface area contributed by atoms with Crippen molar-refractivity contribution in [2.45, 2.75) is 46.1 Å². The van der Waals surface area contributed by atoms with Gasteiger partial charge in [-0.05, 0) is 38.6 Å². The molecule has 0 aliphatic rings. The van der Waals surface area contributed by atoms with Crippen LogP contribution in [0.1, 0.15) is 40.0 Å². The van der Waals surface area contributed by atoms with Crippen molar-refractivity contribution in [3.63, 3.8) is 0 Å². The first-order valence-electron chi connectivity index (χ1n) is 7.14. The highest BCUT2D eigenvalue weighted by Gasteiger charge is 2.03. The predicted octanol–water partition coefficient (Wildman–Crippen LogP) is 2.47. The quantitative estimate of drug-likeness (QED) is 0.598. The molecule has 1 atom stereocenters. The number of hydrogen-bond acceptors (Lipinski definition) is 5. The van der Waals surface area contributed by atoms with E-state index in [0.29, 0.717) is 12.6 Å². The molecule has 0 aromatic carbocycles. The van der Waals surface area contributed by atoms with Crippen molar-refractivity contribution in [2.24, 2.45) is 11.7 Å². The van der Waals surface area contributed by atoms with Gasteiger partial charge in [-0.2, -0.15) is 0 Å². The minimum absolute atomic E-state index is 0.327. The molecule has 5 heteroatoms. The van der Waals surface area contributed by atoms with E-state index in [1.807, 2.05) is 6.07 Å². The molecule has 0 aliphatic heterocycles. The summed E-state index contributed by atoms with van der Waals surface area (Å²) in [6, 6.07) is 2.27. The predicted molar refractivity (Wildman–Crippen MR) is 81.3 cm³/mol. The molecule has 0 aliphatic carbocycles. The van der Waals surface area contributed by atoms with Gasteiger partial charge in [-0.3, -0.25) is 0 Å². The Labute approximate surface area is 116 Å². The van der Waals surface area contributed by atoms with Gasteiger partial charge in [-0.15, -0.1) is 0 Å². The molecular weight excluding hydrogens is 238 g/mol. The average Bonchev–Trinajstić information content (AvgIpc) is 2.35. The van der Waals surface area contributed by atoms with Gasteiger partial charge in [-0.25, -0.2) is 9.97 Å². The molecule has 0 radical (unpaired) electrons. The van der Waals surface area contributed by atoms with Crippen LogP contribution in [0.5, 0.6) is 0 Å². The van der Waals surface area contributed by atoms with Gasteiger partial charge in [-0.1, -0.05) is 13.8 Å². The minimum Gasteiger partial charge on any atom is -0.370 e. The van der Waals surface area contributed by atoms with Crippen molar-refractivity contribution < 1.29 is 0 Å². The van der Waals surface area contributed by atoms with Gasteiger partial charge in [0.05, 0.1) is 0 Å². The van der Waals surface area contributed by atoms with Crippen molar-refractivity contribution in [3.05, 3.63) is 12.4 Å². The second-order valence-electron chi connectivity index (χ2n) is 5.37. The molecule has 108 valence electrons. The van der Waals surface area contributed by atoms with E-state index in [1.165, 1.54) is 6.42 Å². The normalized spacial score (nSPS) is 12.5. The van der Waals surface area contributed by atoms with Crippen molar-refractivity contribution in [1.29, 1.82) is 0 Å². The lowest BCUT2D eigenvalue weighted by molar-refractivity contribution is 0.566. The first-order chi connectivity index (χ1) is 9.11. The zero-order valence-corrected chi connectivity index (χ0v) is 12.3. The van der Waals surface area contributed by atoms with Gasteiger partial charge in [0.2, 0.25) is 0 Å². The van der Waals surface area contributed by atoms with Crippen LogP contribution in [0.25, 0.3) is 0 Å². The van der Waals surface area contributed by atoms with Crippen molar-refractivity contribution in [1.82, 2.24) is 9.97 Å². The summed E-state index contributed by atoms with van der Waals surface area (Å²) < 4.78 is 0. The number of anilines is 2. The first kappa shape index (κ1) is 15.7. The highest BCUT2D eigenvalue weighted by atomic mass is 15.1. The van der Waals surface area contributed by atoms with Crippen LogP contribution in [0.2, 0.25) is 0 Å². The summed E-state index contributed by atoms with van der Waals surface area (Å²) in [7, 11) is 0. The Bertz CT molecular complexity index is 353. The van der Waals surface area contributed by atoms with Crippen LogP contribution < -0.4 is 16.4 Å². The number of hydrogen-bond donors (Lipinski definition) is 3. The maximum atomic E-state index is 5.53. The fraction of sp³-hybridized carbons (Fsp3) is 0.714. The van der Waals surface area contributed by atoms with E-state index < -0.39 is 0 Å². The molecule has 0 amide bonds. The number of nitrogens with zero attached hydrogens (tertiary/aromatic N) is 2. The molecule has 0 fully saturated rings. The van der Waals surface area contributed by atoms with E-state index in [1.54, 1.807) is 6.33 Å². The zero-order chi connectivity index (χ0) is 14.1. The Kier molecular flexibility index (Phi) is 7.18. The van der Waals surface area contributed by atoms with Gasteiger partial charge < -0.3 is 16.4 Å². The molecule has 19 heavy (non-hydrogen) atoms. The van der Waals surface area contributed by atoms with Crippen molar-refractivity contribution >= 4 is 11.6 Å². The fourth-order valence-corrected chi connectivity index (χ4v) is 1.83. The average molecular weight is 265 g/mol. The van der Waals surface area contributed by atoms with Gasteiger partial charge in [0.15, 0.2) is 0 Å². The molecule has 1 unspecified atom stereocenters. The topological polar surface area (TPSA) is 75.9 Å². The summed E-state index contributed by atoms with van der Waals surface area (Å²) in [4.78, 5) is 8.44. The summed E-state index contributed by atoms with van der Waals surface area (Å²) in [6.45, 7) is 8.22. The fourth-order valence-electron chi connectivity index (χ4n) is 1.83. The number of rotatable bonds is 9. The standard InChI is InChI=1S/C14H27N5/c1-11(2)5-4-8-16-13-9-14(18-10-17-13)19-12(3)6-7-15/h9-12H,4-8,15H2,1-3H3,(H2,16,17,18,19). The summed E-state index contributed by atoms with van der Waals surface area (Å²) in [5.74, 6) is 2.48. The Balaban J connectivity index is 2.39. The van der Waals surface area contributed by atoms with Crippen LogP contribution in [0.15, 0.2) is 12.4 Å². The van der Waals surface area contributed by atoms with E-state index in [9.17, 15) is 0 Å². The molecular formula is C14H27N5. The third-order valence-electron chi connectivity index (χ3n) is 2.93. The molecule has 0 saturated heterocycles. The zero-order valence-electron chi connectivity index (χ0n) is 12.3. The smallest absolute Gasteiger partial charge is 0.131 e. The molecule has 1 rings (SSSR count). The molecule has 1 heterocycles. The van der Waals surface area contributed by atoms with Crippen LogP contribution in [-0.4, -0.2) is 29.1 Å². The largest absolute Gasteiger partial charge is 0.370 e. The summed E-state index contributed by atoms with van der Waals surface area (Å²) >= 11 is 0. The van der Waals surface area contributed by atoms with Crippen LogP contribution in [0.3, 0.4) is 0 Å². The number of nitrogens with two attached hydrogens (primary N) is 1. The van der Waals surface area contributed by atoms with Crippen molar-refractivity contribution in [2.75, 3.05) is 23.7 Å². The molecule has 1 aromatic heterocycles. The Morgan fingerprint density at radius 3 is 2.58 bits per heavy atom. The SMILES string of the molecule is CC(C)CCCNc1cc(NC(C)CCN)ncn1. The second kappa shape index (κ2) is 8.69. The van der Waals surface area contributed by atoms with E-state index in [-0.39, 0.29) is 0 Å². The second-order valence-corrected chi connectivity index (χ2v) is 5.37. The maximum absolute atomic E-state index is 5.53. The Morgan fingerprint density at radius 2 is 1.89 bits per heavy atom. The summed E-state index contributed by atoms with van der Waals surface area (Å²) in [5, 5.41) is 6.65. The lowest BCUT2D eigenvalue weighted by Gasteiger charge is -2.14. The van der Waals surface area contributed by atoms with Gasteiger partial charge in [0.1, 0.15) is 18.0 Å². The molecule has 0 bridgehead atoms. The molecule has 0 saturated carbocycles. The lowest BCUT2D eigenvalue weighted by Crippen LogP contribution is -2.20. The van der Waals surface area contributed by atoms with Crippen molar-refractivity contribution in [3.8, 4) is 0 Å². The van der Waals surface area contributed by atoms with E-state index in [0.717, 1.165) is 36.9 Å². The summed E-state index contributed by atoms with van der Waals surface area (Å²) in [6.07, 6.45) is 4.91. The van der Waals surface area contributed by atoms with Crippen LogP contribution in [0.4, 0.5) is 11.6 Å². The van der Waals surface area contributed by atoms with Gasteiger partial charge in [0, 0.05) is 18.7 Å². The lowest BCUT2D eigenvalue weighted by atomic mass is 10.1. The highest BCUT2D eigenvalue weighted by Crippen LogP contribution is 2.11. The Morgan fingerprint density at radius 1 is 1.16 bits per heavy atom. The molecule has 5 nitrogen and oxygen atoms in total. The first-order valence-corrected chi connectivity index (χ1v) is 7.14. The third-order valence-corrected chi connectivity index (χ3v) is 2.93. The molecule has 0 spiro atoms. The van der Waals surface area contributed by atoms with Crippen LogP contribution in [-0.2, 0) is 0 Å². The van der Waals surface area contributed by atoms with Crippen LogP contribution >= 0.6 is 0 Å². The monoisotopic (exact) mass is 265 g/mol. The molecule has 1 aromatic rings. The minimum atomic E-state index is 0.327. The van der Waals surface area contributed by atoms with Gasteiger partial charge >= 0.3 is 0 Å². The van der Waals surface area contributed by atoms with E-state index in [2.05, 4.69) is 41.4 Å².